The fourth-order valence-electron chi connectivity index (χ4n) is 3.04. The monoisotopic (exact) mass is 352 g/mol. The lowest BCUT2D eigenvalue weighted by molar-refractivity contribution is -0.145. The van der Waals surface area contributed by atoms with E-state index < -0.39 is 5.97 Å². The van der Waals surface area contributed by atoms with Crippen LogP contribution in [0.2, 0.25) is 5.02 Å². The Morgan fingerprint density at radius 2 is 1.96 bits per heavy atom. The number of aliphatic carboxylic acids is 1. The quantitative estimate of drug-likeness (QED) is 0.901. The number of carbonyl (C=O) groups is 3. The number of rotatable bonds is 4. The summed E-state index contributed by atoms with van der Waals surface area (Å²) in [5.74, 6) is -1.42. The Morgan fingerprint density at radius 3 is 2.58 bits per heavy atom. The van der Waals surface area contributed by atoms with E-state index in [0.29, 0.717) is 42.9 Å². The van der Waals surface area contributed by atoms with Gasteiger partial charge in [-0.15, -0.1) is 0 Å². The second kappa shape index (κ2) is 8.15. The predicted octanol–water partition coefficient (Wildman–Crippen LogP) is 2.27. The SMILES string of the molecule is CC(=O)N(CC(=O)O)C1CCCN(C(=O)c2ccccc2Cl)CC1. The predicted molar refractivity (Wildman–Crippen MR) is 90.0 cm³/mol. The number of amides is 2. The van der Waals surface area contributed by atoms with Crippen LogP contribution in [0.5, 0.6) is 0 Å². The van der Waals surface area contributed by atoms with Gasteiger partial charge in [0.2, 0.25) is 5.91 Å². The van der Waals surface area contributed by atoms with Crippen LogP contribution in [0, 0.1) is 0 Å². The molecule has 1 atom stereocenters. The first-order valence-corrected chi connectivity index (χ1v) is 8.30. The molecule has 1 N–H and O–H groups in total. The molecule has 1 aliphatic rings. The molecule has 0 bridgehead atoms. The molecular formula is C17H21ClN2O4. The molecule has 1 unspecified atom stereocenters. The lowest BCUT2D eigenvalue weighted by Crippen LogP contribution is -2.43. The number of nitrogens with zero attached hydrogens (tertiary/aromatic N) is 2. The highest BCUT2D eigenvalue weighted by Gasteiger charge is 2.28. The molecule has 0 spiro atoms. The first kappa shape index (κ1) is 18.3. The number of halogens is 1. The van der Waals surface area contributed by atoms with E-state index in [4.69, 9.17) is 16.7 Å². The number of carboxylic acid groups (broad SMARTS) is 1. The van der Waals surface area contributed by atoms with Gasteiger partial charge in [0.05, 0.1) is 10.6 Å². The highest BCUT2D eigenvalue weighted by molar-refractivity contribution is 6.33. The van der Waals surface area contributed by atoms with Gasteiger partial charge in [0.1, 0.15) is 6.54 Å². The number of hydrogen-bond acceptors (Lipinski definition) is 3. The van der Waals surface area contributed by atoms with Crippen LogP contribution in [0.3, 0.4) is 0 Å². The molecule has 7 heteroatoms. The van der Waals surface area contributed by atoms with Gasteiger partial charge in [0.25, 0.3) is 5.91 Å². The summed E-state index contributed by atoms with van der Waals surface area (Å²) >= 11 is 6.09. The molecule has 0 aromatic heterocycles. The third-order valence-electron chi connectivity index (χ3n) is 4.24. The lowest BCUT2D eigenvalue weighted by atomic mass is 10.1. The van der Waals surface area contributed by atoms with Gasteiger partial charge in [-0.2, -0.15) is 0 Å². The average molecular weight is 353 g/mol. The van der Waals surface area contributed by atoms with Crippen LogP contribution >= 0.6 is 11.6 Å². The summed E-state index contributed by atoms with van der Waals surface area (Å²) in [5.41, 5.74) is 0.464. The maximum Gasteiger partial charge on any atom is 0.323 e. The maximum absolute atomic E-state index is 12.6. The summed E-state index contributed by atoms with van der Waals surface area (Å²) in [5, 5.41) is 9.40. The Hall–Kier alpha value is -2.08. The Bertz CT molecular complexity index is 635. The second-order valence-electron chi connectivity index (χ2n) is 5.90. The summed E-state index contributed by atoms with van der Waals surface area (Å²) in [7, 11) is 0. The van der Waals surface area contributed by atoms with Crippen molar-refractivity contribution in [3.05, 3.63) is 34.9 Å². The smallest absolute Gasteiger partial charge is 0.323 e. The summed E-state index contributed by atoms with van der Waals surface area (Å²) in [6.45, 7) is 2.11. The van der Waals surface area contributed by atoms with Crippen molar-refractivity contribution in [1.82, 2.24) is 9.80 Å². The fraction of sp³-hybridized carbons (Fsp3) is 0.471. The van der Waals surface area contributed by atoms with Crippen molar-refractivity contribution in [1.29, 1.82) is 0 Å². The number of carboxylic acids is 1. The van der Waals surface area contributed by atoms with E-state index in [0.717, 1.165) is 0 Å². The molecule has 1 saturated heterocycles. The molecule has 6 nitrogen and oxygen atoms in total. The van der Waals surface area contributed by atoms with Crippen LogP contribution in [0.1, 0.15) is 36.5 Å². The zero-order valence-electron chi connectivity index (χ0n) is 13.6. The van der Waals surface area contributed by atoms with E-state index in [1.807, 2.05) is 0 Å². The van der Waals surface area contributed by atoms with Crippen LogP contribution < -0.4 is 0 Å². The van der Waals surface area contributed by atoms with Crippen LogP contribution in [0.4, 0.5) is 0 Å². The zero-order valence-corrected chi connectivity index (χ0v) is 14.3. The Labute approximate surface area is 146 Å². The third-order valence-corrected chi connectivity index (χ3v) is 4.57. The van der Waals surface area contributed by atoms with Crippen molar-refractivity contribution in [3.63, 3.8) is 0 Å². The highest BCUT2D eigenvalue weighted by atomic mass is 35.5. The molecule has 2 amide bonds. The Kier molecular flexibility index (Phi) is 6.20. The zero-order chi connectivity index (χ0) is 17.7. The van der Waals surface area contributed by atoms with Crippen molar-refractivity contribution in [2.75, 3.05) is 19.6 Å². The summed E-state index contributed by atoms with van der Waals surface area (Å²) in [6, 6.07) is 6.75. The van der Waals surface area contributed by atoms with E-state index >= 15 is 0 Å². The van der Waals surface area contributed by atoms with Crippen molar-refractivity contribution in [2.24, 2.45) is 0 Å². The van der Waals surface area contributed by atoms with Crippen molar-refractivity contribution in [2.45, 2.75) is 32.2 Å². The number of carbonyl (C=O) groups excluding carboxylic acids is 2. The first-order chi connectivity index (χ1) is 11.4. The van der Waals surface area contributed by atoms with Crippen LogP contribution in [-0.4, -0.2) is 58.4 Å². The molecule has 130 valence electrons. The third kappa shape index (κ3) is 4.47. The van der Waals surface area contributed by atoms with Gasteiger partial charge >= 0.3 is 5.97 Å². The topological polar surface area (TPSA) is 77.9 Å². The van der Waals surface area contributed by atoms with E-state index in [1.165, 1.54) is 11.8 Å². The van der Waals surface area contributed by atoms with Crippen molar-refractivity contribution in [3.8, 4) is 0 Å². The molecule has 24 heavy (non-hydrogen) atoms. The second-order valence-corrected chi connectivity index (χ2v) is 6.30. The summed E-state index contributed by atoms with van der Waals surface area (Å²) in [6.07, 6.45) is 1.95. The van der Waals surface area contributed by atoms with Gasteiger partial charge in [-0.3, -0.25) is 14.4 Å². The molecule has 0 aliphatic carbocycles. The van der Waals surface area contributed by atoms with Gasteiger partial charge in [-0.1, -0.05) is 23.7 Å². The Balaban J connectivity index is 2.07. The Morgan fingerprint density at radius 1 is 1.25 bits per heavy atom. The van der Waals surface area contributed by atoms with E-state index in [1.54, 1.807) is 29.2 Å². The molecule has 0 saturated carbocycles. The minimum Gasteiger partial charge on any atom is -0.480 e. The van der Waals surface area contributed by atoms with Gasteiger partial charge in [-0.25, -0.2) is 0 Å². The number of hydrogen-bond donors (Lipinski definition) is 1. The van der Waals surface area contributed by atoms with Crippen LogP contribution in [0.25, 0.3) is 0 Å². The van der Waals surface area contributed by atoms with Gasteiger partial charge in [-0.05, 0) is 31.4 Å². The molecule has 1 aromatic carbocycles. The van der Waals surface area contributed by atoms with Crippen LogP contribution in [0.15, 0.2) is 24.3 Å². The van der Waals surface area contributed by atoms with Gasteiger partial charge in [0.15, 0.2) is 0 Å². The summed E-state index contributed by atoms with van der Waals surface area (Å²) < 4.78 is 0. The maximum atomic E-state index is 12.6. The summed E-state index contributed by atoms with van der Waals surface area (Å²) in [4.78, 5) is 38.4. The van der Waals surface area contributed by atoms with Crippen molar-refractivity contribution < 1.29 is 19.5 Å². The fourth-order valence-corrected chi connectivity index (χ4v) is 3.26. The molecule has 1 fully saturated rings. The number of likely N-dealkylation sites (tertiary alicyclic amines) is 1. The largest absolute Gasteiger partial charge is 0.480 e. The van der Waals surface area contributed by atoms with E-state index in [-0.39, 0.29) is 24.4 Å². The van der Waals surface area contributed by atoms with E-state index in [9.17, 15) is 14.4 Å². The molecule has 0 radical (unpaired) electrons. The molecule has 1 aliphatic heterocycles. The minimum absolute atomic E-state index is 0.131. The molecule has 2 rings (SSSR count). The van der Waals surface area contributed by atoms with Gasteiger partial charge < -0.3 is 14.9 Å². The normalized spacial score (nSPS) is 17.9. The molecule has 1 heterocycles. The minimum atomic E-state index is -1.03. The van der Waals surface area contributed by atoms with Gasteiger partial charge in [0, 0.05) is 26.1 Å². The standard InChI is InChI=1S/C17H21ClN2O4/c1-12(21)20(11-16(22)23)13-5-4-9-19(10-8-13)17(24)14-6-2-3-7-15(14)18/h2-3,6-7,13H,4-5,8-11H2,1H3,(H,22,23). The average Bonchev–Trinajstić information content (AvgIpc) is 2.78. The first-order valence-electron chi connectivity index (χ1n) is 7.93. The van der Waals surface area contributed by atoms with E-state index in [2.05, 4.69) is 0 Å². The molecule has 1 aromatic rings. The highest BCUT2D eigenvalue weighted by Crippen LogP contribution is 2.21. The molecular weight excluding hydrogens is 332 g/mol. The number of benzene rings is 1. The van der Waals surface area contributed by atoms with Crippen molar-refractivity contribution >= 4 is 29.4 Å². The lowest BCUT2D eigenvalue weighted by Gasteiger charge is -2.29. The van der Waals surface area contributed by atoms with Crippen LogP contribution in [-0.2, 0) is 9.59 Å².